The van der Waals surface area contributed by atoms with Crippen molar-refractivity contribution in [3.8, 4) is 0 Å². The first kappa shape index (κ1) is 13.9. The van der Waals surface area contributed by atoms with E-state index in [-0.39, 0.29) is 18.0 Å². The Balaban J connectivity index is 2.15. The Morgan fingerprint density at radius 3 is 2.63 bits per heavy atom. The van der Waals surface area contributed by atoms with Crippen molar-refractivity contribution in [3.63, 3.8) is 0 Å². The molecule has 3 nitrogen and oxygen atoms in total. The first-order valence-corrected chi connectivity index (χ1v) is 6.66. The van der Waals surface area contributed by atoms with Crippen molar-refractivity contribution in [2.75, 3.05) is 0 Å². The summed E-state index contributed by atoms with van der Waals surface area (Å²) in [6, 6.07) is 8.23. The van der Waals surface area contributed by atoms with E-state index in [2.05, 4.69) is 20.9 Å². The molecule has 0 N–H and O–H groups in total. The zero-order valence-electron chi connectivity index (χ0n) is 9.77. The fourth-order valence-electron chi connectivity index (χ4n) is 1.59. The van der Waals surface area contributed by atoms with Gasteiger partial charge in [0.15, 0.2) is 11.6 Å². The number of halogens is 2. The molecule has 0 amide bonds. The smallest absolute Gasteiger partial charge is 0.172 e. The summed E-state index contributed by atoms with van der Waals surface area (Å²) in [5.74, 6) is -0.566. The Bertz CT molecular complexity index is 629. The van der Waals surface area contributed by atoms with Crippen LogP contribution < -0.4 is 0 Å². The molecule has 0 saturated heterocycles. The van der Waals surface area contributed by atoms with Crippen LogP contribution in [0.15, 0.2) is 47.2 Å². The minimum atomic E-state index is -0.300. The van der Waals surface area contributed by atoms with E-state index in [4.69, 9.17) is 11.6 Å². The first-order chi connectivity index (χ1) is 9.08. The second-order valence-electron chi connectivity index (χ2n) is 3.89. The van der Waals surface area contributed by atoms with Crippen LogP contribution in [0.3, 0.4) is 0 Å². The van der Waals surface area contributed by atoms with Crippen LogP contribution in [0.5, 0.6) is 0 Å². The number of rotatable bonds is 4. The molecule has 1 aromatic heterocycles. The van der Waals surface area contributed by atoms with Gasteiger partial charge in [-0.2, -0.15) is 0 Å². The minimum absolute atomic E-state index is 0.215. The number of carbonyl (C=O) groups is 2. The molecule has 0 aliphatic heterocycles. The maximum absolute atomic E-state index is 12.0. The average Bonchev–Trinajstić information content (AvgIpc) is 2.39. The van der Waals surface area contributed by atoms with E-state index in [9.17, 15) is 9.59 Å². The Morgan fingerprint density at radius 1 is 1.21 bits per heavy atom. The van der Waals surface area contributed by atoms with E-state index in [1.807, 2.05) is 0 Å². The third-order valence-electron chi connectivity index (χ3n) is 2.54. The number of hydrogen-bond acceptors (Lipinski definition) is 3. The molecule has 1 aromatic carbocycles. The van der Waals surface area contributed by atoms with Crippen molar-refractivity contribution in [1.29, 1.82) is 0 Å². The molecule has 19 heavy (non-hydrogen) atoms. The van der Waals surface area contributed by atoms with Crippen molar-refractivity contribution in [3.05, 3.63) is 63.3 Å². The van der Waals surface area contributed by atoms with E-state index in [1.165, 1.54) is 6.20 Å². The number of ketones is 2. The van der Waals surface area contributed by atoms with Crippen molar-refractivity contribution >= 4 is 39.1 Å². The molecule has 0 radical (unpaired) electrons. The highest BCUT2D eigenvalue weighted by molar-refractivity contribution is 9.10. The molecule has 5 heteroatoms. The zero-order chi connectivity index (χ0) is 13.8. The molecular formula is C14H9BrClNO2. The number of hydrogen-bond donors (Lipinski definition) is 0. The van der Waals surface area contributed by atoms with Gasteiger partial charge in [0.1, 0.15) is 0 Å². The summed E-state index contributed by atoms with van der Waals surface area (Å²) < 4.78 is 0.785. The van der Waals surface area contributed by atoms with Gasteiger partial charge in [0.2, 0.25) is 0 Å². The first-order valence-electron chi connectivity index (χ1n) is 5.49. The molecule has 0 bridgehead atoms. The number of benzene rings is 1. The molecule has 1 heterocycles. The molecule has 2 aromatic rings. The van der Waals surface area contributed by atoms with Crippen molar-refractivity contribution < 1.29 is 9.59 Å². The maximum Gasteiger partial charge on any atom is 0.172 e. The van der Waals surface area contributed by atoms with E-state index in [1.54, 1.807) is 36.5 Å². The molecule has 0 unspecified atom stereocenters. The van der Waals surface area contributed by atoms with Gasteiger partial charge < -0.3 is 0 Å². The quantitative estimate of drug-likeness (QED) is 0.626. The van der Waals surface area contributed by atoms with Crippen LogP contribution in [-0.2, 0) is 0 Å². The molecule has 0 aliphatic carbocycles. The van der Waals surface area contributed by atoms with Crippen LogP contribution in [0, 0.1) is 0 Å². The van der Waals surface area contributed by atoms with Crippen LogP contribution in [-0.4, -0.2) is 16.6 Å². The average molecular weight is 339 g/mol. The summed E-state index contributed by atoms with van der Waals surface area (Å²) in [7, 11) is 0. The molecule has 0 fully saturated rings. The van der Waals surface area contributed by atoms with E-state index in [0.29, 0.717) is 16.1 Å². The third-order valence-corrected chi connectivity index (χ3v) is 3.34. The van der Waals surface area contributed by atoms with Gasteiger partial charge in [-0.05, 0) is 30.3 Å². The lowest BCUT2D eigenvalue weighted by Crippen LogP contribution is -2.09. The Hall–Kier alpha value is -1.52. The maximum atomic E-state index is 12.0. The lowest BCUT2D eigenvalue weighted by molar-refractivity contribution is 0.0894. The number of nitrogens with zero attached hydrogens (tertiary/aromatic N) is 1. The van der Waals surface area contributed by atoms with Gasteiger partial charge in [-0.3, -0.25) is 14.6 Å². The molecule has 0 atom stereocenters. The van der Waals surface area contributed by atoms with Gasteiger partial charge >= 0.3 is 0 Å². The normalized spacial score (nSPS) is 10.2. The summed E-state index contributed by atoms with van der Waals surface area (Å²) in [4.78, 5) is 27.8. The largest absolute Gasteiger partial charge is 0.294 e. The van der Waals surface area contributed by atoms with Crippen LogP contribution in [0.1, 0.15) is 27.1 Å². The topological polar surface area (TPSA) is 47.0 Å². The monoisotopic (exact) mass is 337 g/mol. The van der Waals surface area contributed by atoms with Crippen molar-refractivity contribution in [1.82, 2.24) is 4.98 Å². The Morgan fingerprint density at radius 2 is 2.00 bits per heavy atom. The number of aromatic nitrogens is 1. The number of Topliss-reactive ketones (excluding diaryl/α,β-unsaturated/α-hetero) is 2. The van der Waals surface area contributed by atoms with E-state index >= 15 is 0 Å². The molecular weight excluding hydrogens is 330 g/mol. The van der Waals surface area contributed by atoms with Crippen molar-refractivity contribution in [2.45, 2.75) is 6.42 Å². The van der Waals surface area contributed by atoms with Crippen molar-refractivity contribution in [2.24, 2.45) is 0 Å². The second kappa shape index (κ2) is 6.08. The second-order valence-corrected chi connectivity index (χ2v) is 5.21. The molecule has 2 rings (SSSR count). The lowest BCUT2D eigenvalue weighted by Gasteiger charge is -2.04. The highest BCUT2D eigenvalue weighted by Crippen LogP contribution is 2.23. The van der Waals surface area contributed by atoms with Crippen LogP contribution in [0.2, 0.25) is 5.02 Å². The summed E-state index contributed by atoms with van der Waals surface area (Å²) in [6.45, 7) is 0. The van der Waals surface area contributed by atoms with Gasteiger partial charge in [0, 0.05) is 28.0 Å². The van der Waals surface area contributed by atoms with Gasteiger partial charge in [-0.25, -0.2) is 0 Å². The minimum Gasteiger partial charge on any atom is -0.294 e. The highest BCUT2D eigenvalue weighted by atomic mass is 79.9. The standard InChI is InChI=1S/C14H9BrClNO2/c15-10-3-4-11(12(16)6-10)14(19)7-13(18)9-2-1-5-17-8-9/h1-6,8H,7H2. The lowest BCUT2D eigenvalue weighted by atomic mass is 10.0. The summed E-state index contributed by atoms with van der Waals surface area (Å²) in [5.41, 5.74) is 0.770. The summed E-state index contributed by atoms with van der Waals surface area (Å²) >= 11 is 9.24. The van der Waals surface area contributed by atoms with Crippen LogP contribution in [0.25, 0.3) is 0 Å². The number of carbonyl (C=O) groups excluding carboxylic acids is 2. The van der Waals surface area contributed by atoms with Gasteiger partial charge in [0.05, 0.1) is 11.4 Å². The number of pyridine rings is 1. The molecule has 0 saturated carbocycles. The van der Waals surface area contributed by atoms with Gasteiger partial charge in [0.25, 0.3) is 0 Å². The van der Waals surface area contributed by atoms with Crippen LogP contribution >= 0.6 is 27.5 Å². The van der Waals surface area contributed by atoms with E-state index in [0.717, 1.165) is 4.47 Å². The summed E-state index contributed by atoms with van der Waals surface area (Å²) in [5, 5.41) is 0.332. The molecule has 96 valence electrons. The Kier molecular flexibility index (Phi) is 4.45. The molecule has 0 aliphatic rings. The fraction of sp³-hybridized carbons (Fsp3) is 0.0714. The predicted octanol–water partition coefficient (Wildman–Crippen LogP) is 3.95. The van der Waals surface area contributed by atoms with E-state index < -0.39 is 0 Å². The van der Waals surface area contributed by atoms with Gasteiger partial charge in [-0.15, -0.1) is 0 Å². The fourth-order valence-corrected chi connectivity index (χ4v) is 2.37. The highest BCUT2D eigenvalue weighted by Gasteiger charge is 2.16. The van der Waals surface area contributed by atoms with Gasteiger partial charge in [-0.1, -0.05) is 27.5 Å². The SMILES string of the molecule is O=C(CC(=O)c1ccc(Br)cc1Cl)c1cccnc1. The Labute approximate surface area is 123 Å². The predicted molar refractivity (Wildman–Crippen MR) is 76.7 cm³/mol. The zero-order valence-corrected chi connectivity index (χ0v) is 12.1. The third kappa shape index (κ3) is 3.49. The molecule has 0 spiro atoms. The van der Waals surface area contributed by atoms with Crippen LogP contribution in [0.4, 0.5) is 0 Å². The summed E-state index contributed by atoms with van der Waals surface area (Å²) in [6.07, 6.45) is 2.80.